The molecule has 0 unspecified atom stereocenters. The number of carbonyl (C=O) groups excluding carboxylic acids is 2. The summed E-state index contributed by atoms with van der Waals surface area (Å²) in [6, 6.07) is 12.5. The maximum atomic E-state index is 12.8. The summed E-state index contributed by atoms with van der Waals surface area (Å²) in [6.07, 6.45) is 2.94. The highest BCUT2D eigenvalue weighted by Gasteiger charge is 2.05. The molecule has 0 fully saturated rings. The Balaban J connectivity index is 2.01. The third-order valence-electron chi connectivity index (χ3n) is 3.03. The molecule has 2 amide bonds. The second-order valence-corrected chi connectivity index (χ2v) is 4.81. The standard InChI is InChI=1S/C18H17FN2O2/c1-2-20-18(23)14-4-3-5-16(12-14)21-17(22)11-8-13-6-9-15(19)10-7-13/h3-12H,2H2,1H3,(H,20,23)(H,21,22)/b11-8+. The van der Waals surface area contributed by atoms with E-state index in [0.717, 1.165) is 5.56 Å². The Morgan fingerprint density at radius 1 is 1.13 bits per heavy atom. The molecular formula is C18H17FN2O2. The highest BCUT2D eigenvalue weighted by Crippen LogP contribution is 2.11. The summed E-state index contributed by atoms with van der Waals surface area (Å²) in [5.41, 5.74) is 1.73. The van der Waals surface area contributed by atoms with E-state index in [0.29, 0.717) is 17.8 Å². The van der Waals surface area contributed by atoms with Gasteiger partial charge in [0, 0.05) is 23.9 Å². The molecule has 0 heterocycles. The van der Waals surface area contributed by atoms with Gasteiger partial charge in [0.1, 0.15) is 5.82 Å². The van der Waals surface area contributed by atoms with Gasteiger partial charge < -0.3 is 10.6 Å². The second kappa shape index (κ2) is 7.89. The Bertz CT molecular complexity index is 724. The third kappa shape index (κ3) is 5.07. The average molecular weight is 312 g/mol. The van der Waals surface area contributed by atoms with Crippen LogP contribution < -0.4 is 10.6 Å². The van der Waals surface area contributed by atoms with Crippen LogP contribution in [0.25, 0.3) is 6.08 Å². The number of rotatable bonds is 5. The fourth-order valence-electron chi connectivity index (χ4n) is 1.93. The third-order valence-corrected chi connectivity index (χ3v) is 3.03. The molecule has 2 N–H and O–H groups in total. The molecule has 0 saturated carbocycles. The normalized spacial score (nSPS) is 10.5. The van der Waals surface area contributed by atoms with E-state index in [1.54, 1.807) is 42.5 Å². The molecule has 0 aliphatic rings. The first-order valence-corrected chi connectivity index (χ1v) is 7.21. The number of carbonyl (C=O) groups is 2. The summed E-state index contributed by atoms with van der Waals surface area (Å²) in [5.74, 6) is -0.846. The van der Waals surface area contributed by atoms with Gasteiger partial charge in [0.15, 0.2) is 0 Å². The minimum atomic E-state index is -0.331. The zero-order valence-electron chi connectivity index (χ0n) is 12.7. The van der Waals surface area contributed by atoms with E-state index in [1.165, 1.54) is 18.2 Å². The zero-order valence-corrected chi connectivity index (χ0v) is 12.7. The Hall–Kier alpha value is -2.95. The molecule has 2 aromatic carbocycles. The molecule has 2 aromatic rings. The van der Waals surface area contributed by atoms with Crippen molar-refractivity contribution in [2.75, 3.05) is 11.9 Å². The lowest BCUT2D eigenvalue weighted by atomic mass is 10.2. The Morgan fingerprint density at radius 3 is 2.57 bits per heavy atom. The average Bonchev–Trinajstić information content (AvgIpc) is 2.55. The van der Waals surface area contributed by atoms with Crippen LogP contribution in [-0.4, -0.2) is 18.4 Å². The van der Waals surface area contributed by atoms with Crippen LogP contribution in [0, 0.1) is 5.82 Å². The number of hydrogen-bond donors (Lipinski definition) is 2. The molecular weight excluding hydrogens is 295 g/mol. The number of halogens is 1. The second-order valence-electron chi connectivity index (χ2n) is 4.81. The van der Waals surface area contributed by atoms with Gasteiger partial charge in [-0.25, -0.2) is 4.39 Å². The number of anilines is 1. The molecule has 0 aromatic heterocycles. The molecule has 23 heavy (non-hydrogen) atoms. The van der Waals surface area contributed by atoms with Crippen molar-refractivity contribution in [3.8, 4) is 0 Å². The molecule has 4 nitrogen and oxygen atoms in total. The molecule has 0 aliphatic heterocycles. The van der Waals surface area contributed by atoms with Crippen LogP contribution in [0.3, 0.4) is 0 Å². The van der Waals surface area contributed by atoms with Crippen molar-refractivity contribution in [3.63, 3.8) is 0 Å². The van der Waals surface area contributed by atoms with E-state index in [1.807, 2.05) is 6.92 Å². The maximum Gasteiger partial charge on any atom is 0.251 e. The van der Waals surface area contributed by atoms with Crippen molar-refractivity contribution in [2.45, 2.75) is 6.92 Å². The zero-order chi connectivity index (χ0) is 16.7. The highest BCUT2D eigenvalue weighted by atomic mass is 19.1. The molecule has 0 bridgehead atoms. The lowest BCUT2D eigenvalue weighted by Crippen LogP contribution is -2.22. The summed E-state index contributed by atoms with van der Waals surface area (Å²) in [6.45, 7) is 2.37. The fraction of sp³-hybridized carbons (Fsp3) is 0.111. The molecule has 2 rings (SSSR count). The monoisotopic (exact) mass is 312 g/mol. The maximum absolute atomic E-state index is 12.8. The van der Waals surface area contributed by atoms with Gasteiger partial charge >= 0.3 is 0 Å². The SMILES string of the molecule is CCNC(=O)c1cccc(NC(=O)/C=C/c2ccc(F)cc2)c1. The smallest absolute Gasteiger partial charge is 0.251 e. The van der Waals surface area contributed by atoms with E-state index < -0.39 is 0 Å². The molecule has 0 aliphatic carbocycles. The van der Waals surface area contributed by atoms with Crippen LogP contribution >= 0.6 is 0 Å². The molecule has 0 spiro atoms. The van der Waals surface area contributed by atoms with Gasteiger partial charge in [-0.2, -0.15) is 0 Å². The van der Waals surface area contributed by atoms with Crippen LogP contribution in [0.4, 0.5) is 10.1 Å². The molecule has 0 atom stereocenters. The number of amides is 2. The van der Waals surface area contributed by atoms with Crippen molar-refractivity contribution in [3.05, 3.63) is 71.6 Å². The van der Waals surface area contributed by atoms with Crippen LogP contribution in [0.15, 0.2) is 54.6 Å². The van der Waals surface area contributed by atoms with E-state index in [2.05, 4.69) is 10.6 Å². The molecule has 0 saturated heterocycles. The van der Waals surface area contributed by atoms with Crippen LogP contribution in [0.1, 0.15) is 22.8 Å². The van der Waals surface area contributed by atoms with Crippen molar-refractivity contribution in [2.24, 2.45) is 0 Å². The predicted octanol–water partition coefficient (Wildman–Crippen LogP) is 3.23. The molecule has 0 radical (unpaired) electrons. The summed E-state index contributed by atoms with van der Waals surface area (Å²) in [7, 11) is 0. The van der Waals surface area contributed by atoms with E-state index in [-0.39, 0.29) is 17.6 Å². The van der Waals surface area contributed by atoms with E-state index >= 15 is 0 Å². The summed E-state index contributed by atoms with van der Waals surface area (Å²) >= 11 is 0. The topological polar surface area (TPSA) is 58.2 Å². The first-order valence-electron chi connectivity index (χ1n) is 7.21. The number of nitrogens with one attached hydrogen (secondary N) is 2. The van der Waals surface area contributed by atoms with Gasteiger partial charge in [0.25, 0.3) is 5.91 Å². The van der Waals surface area contributed by atoms with Gasteiger partial charge in [0.05, 0.1) is 0 Å². The predicted molar refractivity (Wildman–Crippen MR) is 88.5 cm³/mol. The van der Waals surface area contributed by atoms with E-state index in [4.69, 9.17) is 0 Å². The van der Waals surface area contributed by atoms with Gasteiger partial charge in [-0.1, -0.05) is 18.2 Å². The summed E-state index contributed by atoms with van der Waals surface area (Å²) in [5, 5.41) is 5.38. The van der Waals surface area contributed by atoms with E-state index in [9.17, 15) is 14.0 Å². The number of hydrogen-bond acceptors (Lipinski definition) is 2. The minimum absolute atomic E-state index is 0.189. The van der Waals surface area contributed by atoms with Crippen molar-refractivity contribution < 1.29 is 14.0 Å². The summed E-state index contributed by atoms with van der Waals surface area (Å²) < 4.78 is 12.8. The minimum Gasteiger partial charge on any atom is -0.352 e. The van der Waals surface area contributed by atoms with Crippen LogP contribution in [0.5, 0.6) is 0 Å². The lowest BCUT2D eigenvalue weighted by Gasteiger charge is -2.06. The van der Waals surface area contributed by atoms with Crippen LogP contribution in [0.2, 0.25) is 0 Å². The van der Waals surface area contributed by atoms with Gasteiger partial charge in [0.2, 0.25) is 5.91 Å². The number of benzene rings is 2. The Morgan fingerprint density at radius 2 is 1.87 bits per heavy atom. The van der Waals surface area contributed by atoms with Gasteiger partial charge in [-0.05, 0) is 48.9 Å². The fourth-order valence-corrected chi connectivity index (χ4v) is 1.93. The lowest BCUT2D eigenvalue weighted by molar-refractivity contribution is -0.111. The molecule has 5 heteroatoms. The first kappa shape index (κ1) is 16.4. The van der Waals surface area contributed by atoms with Crippen molar-refractivity contribution >= 4 is 23.6 Å². The van der Waals surface area contributed by atoms with Gasteiger partial charge in [-0.15, -0.1) is 0 Å². The Kier molecular flexibility index (Phi) is 5.63. The largest absolute Gasteiger partial charge is 0.352 e. The van der Waals surface area contributed by atoms with Crippen LogP contribution in [-0.2, 0) is 4.79 Å². The quantitative estimate of drug-likeness (QED) is 0.833. The highest BCUT2D eigenvalue weighted by molar-refractivity contribution is 6.03. The Labute approximate surface area is 134 Å². The van der Waals surface area contributed by atoms with Crippen molar-refractivity contribution in [1.82, 2.24) is 5.32 Å². The van der Waals surface area contributed by atoms with Gasteiger partial charge in [-0.3, -0.25) is 9.59 Å². The summed E-state index contributed by atoms with van der Waals surface area (Å²) in [4.78, 5) is 23.6. The molecule has 118 valence electrons. The van der Waals surface area contributed by atoms with Crippen molar-refractivity contribution in [1.29, 1.82) is 0 Å². The first-order chi connectivity index (χ1) is 11.1.